The zero-order chi connectivity index (χ0) is 9.68. The predicted molar refractivity (Wildman–Crippen MR) is 58.2 cm³/mol. The van der Waals surface area contributed by atoms with Crippen LogP contribution < -0.4 is 5.73 Å². The topological polar surface area (TPSA) is 26.0 Å². The van der Waals surface area contributed by atoms with Gasteiger partial charge < -0.3 is 5.73 Å². The van der Waals surface area contributed by atoms with Crippen LogP contribution in [-0.4, -0.2) is 0 Å². The Morgan fingerprint density at radius 1 is 1.23 bits per heavy atom. The van der Waals surface area contributed by atoms with Crippen molar-refractivity contribution < 1.29 is 0 Å². The normalized spacial score (nSPS) is 11.4. The van der Waals surface area contributed by atoms with E-state index in [0.717, 1.165) is 0 Å². The quantitative estimate of drug-likeness (QED) is 0.751. The summed E-state index contributed by atoms with van der Waals surface area (Å²) in [7, 11) is 0. The van der Waals surface area contributed by atoms with Crippen molar-refractivity contribution in [1.29, 1.82) is 0 Å². The van der Waals surface area contributed by atoms with E-state index in [1.807, 2.05) is 0 Å². The molecule has 1 aromatic rings. The van der Waals surface area contributed by atoms with Crippen molar-refractivity contribution in [3.8, 4) is 0 Å². The van der Waals surface area contributed by atoms with Gasteiger partial charge in [-0.2, -0.15) is 0 Å². The summed E-state index contributed by atoms with van der Waals surface area (Å²) in [6, 6.07) is 8.34. The summed E-state index contributed by atoms with van der Waals surface area (Å²) in [5, 5.41) is 0. The van der Waals surface area contributed by atoms with Crippen LogP contribution in [0, 0.1) is 5.92 Å². The summed E-state index contributed by atoms with van der Waals surface area (Å²) in [5.41, 5.74) is 7.93. The van der Waals surface area contributed by atoms with Gasteiger partial charge in [-0.05, 0) is 17.0 Å². The van der Waals surface area contributed by atoms with Crippen LogP contribution in [0.15, 0.2) is 30.3 Å². The first-order valence-corrected chi connectivity index (χ1v) is 4.69. The summed E-state index contributed by atoms with van der Waals surface area (Å²) >= 11 is 0. The zero-order valence-corrected chi connectivity index (χ0v) is 8.33. The first-order chi connectivity index (χ1) is 6.22. The van der Waals surface area contributed by atoms with Crippen LogP contribution in [0.25, 0.3) is 6.08 Å². The highest BCUT2D eigenvalue weighted by atomic mass is 14.5. The van der Waals surface area contributed by atoms with Gasteiger partial charge in [0.05, 0.1) is 0 Å². The first kappa shape index (κ1) is 10.0. The lowest BCUT2D eigenvalue weighted by molar-refractivity contribution is 0.836. The van der Waals surface area contributed by atoms with E-state index < -0.39 is 0 Å². The maximum absolute atomic E-state index is 5.50. The molecule has 0 saturated heterocycles. The number of benzene rings is 1. The third kappa shape index (κ3) is 3.43. The molecule has 0 spiro atoms. The standard InChI is InChI=1S/C12H17N/c1-10(2)3-4-11-5-7-12(9-13)8-6-11/h3-8,10H,9,13H2,1-2H3. The molecule has 1 aromatic carbocycles. The van der Waals surface area contributed by atoms with E-state index in [9.17, 15) is 0 Å². The highest BCUT2D eigenvalue weighted by Crippen LogP contribution is 2.07. The molecule has 1 nitrogen and oxygen atoms in total. The molecule has 0 fully saturated rings. The number of nitrogens with two attached hydrogens (primary N) is 1. The second-order valence-corrected chi connectivity index (χ2v) is 3.55. The number of hydrogen-bond donors (Lipinski definition) is 1. The summed E-state index contributed by atoms with van der Waals surface area (Å²) in [6.45, 7) is 4.96. The minimum Gasteiger partial charge on any atom is -0.326 e. The highest BCUT2D eigenvalue weighted by molar-refractivity contribution is 5.49. The van der Waals surface area contributed by atoms with E-state index in [1.165, 1.54) is 11.1 Å². The number of hydrogen-bond acceptors (Lipinski definition) is 1. The molecule has 2 N–H and O–H groups in total. The smallest absolute Gasteiger partial charge is 0.0178 e. The van der Waals surface area contributed by atoms with Crippen molar-refractivity contribution in [2.24, 2.45) is 11.7 Å². The fourth-order valence-corrected chi connectivity index (χ4v) is 1.07. The Labute approximate surface area is 80.3 Å². The maximum atomic E-state index is 5.50. The largest absolute Gasteiger partial charge is 0.326 e. The van der Waals surface area contributed by atoms with E-state index in [4.69, 9.17) is 5.73 Å². The van der Waals surface area contributed by atoms with Crippen LogP contribution in [0.5, 0.6) is 0 Å². The molecule has 0 amide bonds. The molecule has 0 atom stereocenters. The zero-order valence-electron chi connectivity index (χ0n) is 8.33. The van der Waals surface area contributed by atoms with Gasteiger partial charge in [0.15, 0.2) is 0 Å². The molecule has 0 bridgehead atoms. The fourth-order valence-electron chi connectivity index (χ4n) is 1.07. The lowest BCUT2D eigenvalue weighted by Crippen LogP contribution is -1.95. The average molecular weight is 175 g/mol. The molecule has 0 aromatic heterocycles. The summed E-state index contributed by atoms with van der Waals surface area (Å²) in [6.07, 6.45) is 4.34. The van der Waals surface area contributed by atoms with Crippen LogP contribution in [0.3, 0.4) is 0 Å². The third-order valence-electron chi connectivity index (χ3n) is 1.89. The molecule has 70 valence electrons. The number of rotatable bonds is 3. The Bertz CT molecular complexity index is 270. The molecule has 13 heavy (non-hydrogen) atoms. The third-order valence-corrected chi connectivity index (χ3v) is 1.89. The molecule has 1 heteroatoms. The minimum atomic E-state index is 0.606. The van der Waals surface area contributed by atoms with Gasteiger partial charge in [0, 0.05) is 6.54 Å². The molecule has 1 rings (SSSR count). The molecule has 0 aliphatic heterocycles. The van der Waals surface area contributed by atoms with E-state index in [-0.39, 0.29) is 0 Å². The fraction of sp³-hybridized carbons (Fsp3) is 0.333. The van der Waals surface area contributed by atoms with Crippen LogP contribution in [0.4, 0.5) is 0 Å². The average Bonchev–Trinajstić information content (AvgIpc) is 2.15. The highest BCUT2D eigenvalue weighted by Gasteiger charge is 1.89. The van der Waals surface area contributed by atoms with Crippen LogP contribution >= 0.6 is 0 Å². The Morgan fingerprint density at radius 2 is 1.85 bits per heavy atom. The van der Waals surface area contributed by atoms with Crippen LogP contribution in [0.1, 0.15) is 25.0 Å². The van der Waals surface area contributed by atoms with Crippen molar-refractivity contribution in [1.82, 2.24) is 0 Å². The molecule has 0 heterocycles. The first-order valence-electron chi connectivity index (χ1n) is 4.69. The van der Waals surface area contributed by atoms with Gasteiger partial charge in [-0.3, -0.25) is 0 Å². The Balaban J connectivity index is 2.69. The lowest BCUT2D eigenvalue weighted by atomic mass is 10.1. The van der Waals surface area contributed by atoms with E-state index in [0.29, 0.717) is 12.5 Å². The van der Waals surface area contributed by atoms with Gasteiger partial charge in [-0.1, -0.05) is 50.3 Å². The van der Waals surface area contributed by atoms with Crippen LogP contribution in [-0.2, 0) is 6.54 Å². The predicted octanol–water partition coefficient (Wildman–Crippen LogP) is 2.81. The van der Waals surface area contributed by atoms with Gasteiger partial charge in [0.2, 0.25) is 0 Å². The second kappa shape index (κ2) is 4.83. The summed E-state index contributed by atoms with van der Waals surface area (Å²) in [5.74, 6) is 0.606. The second-order valence-electron chi connectivity index (χ2n) is 3.55. The van der Waals surface area contributed by atoms with Crippen molar-refractivity contribution in [3.63, 3.8) is 0 Å². The Kier molecular flexibility index (Phi) is 3.71. The van der Waals surface area contributed by atoms with Crippen molar-refractivity contribution in [3.05, 3.63) is 41.5 Å². The molecular formula is C12H17N. The monoisotopic (exact) mass is 175 g/mol. The van der Waals surface area contributed by atoms with Gasteiger partial charge in [-0.25, -0.2) is 0 Å². The van der Waals surface area contributed by atoms with Gasteiger partial charge >= 0.3 is 0 Å². The van der Waals surface area contributed by atoms with Crippen molar-refractivity contribution in [2.45, 2.75) is 20.4 Å². The Morgan fingerprint density at radius 3 is 2.31 bits per heavy atom. The van der Waals surface area contributed by atoms with E-state index >= 15 is 0 Å². The summed E-state index contributed by atoms with van der Waals surface area (Å²) < 4.78 is 0. The molecule has 0 aliphatic carbocycles. The molecule has 0 aliphatic rings. The SMILES string of the molecule is CC(C)C=Cc1ccc(CN)cc1. The Hall–Kier alpha value is -1.08. The minimum absolute atomic E-state index is 0.606. The van der Waals surface area contributed by atoms with Crippen molar-refractivity contribution >= 4 is 6.08 Å². The van der Waals surface area contributed by atoms with Gasteiger partial charge in [-0.15, -0.1) is 0 Å². The van der Waals surface area contributed by atoms with Gasteiger partial charge in [0.1, 0.15) is 0 Å². The van der Waals surface area contributed by atoms with E-state index in [1.54, 1.807) is 0 Å². The molecule has 0 radical (unpaired) electrons. The summed E-state index contributed by atoms with van der Waals surface area (Å²) in [4.78, 5) is 0. The van der Waals surface area contributed by atoms with E-state index in [2.05, 4.69) is 50.3 Å². The maximum Gasteiger partial charge on any atom is 0.0178 e. The van der Waals surface area contributed by atoms with Crippen molar-refractivity contribution in [2.75, 3.05) is 0 Å². The molecule has 0 unspecified atom stereocenters. The number of allylic oxidation sites excluding steroid dienone is 1. The van der Waals surface area contributed by atoms with Gasteiger partial charge in [0.25, 0.3) is 0 Å². The van der Waals surface area contributed by atoms with Crippen LogP contribution in [0.2, 0.25) is 0 Å². The lowest BCUT2D eigenvalue weighted by Gasteiger charge is -1.98. The molecular weight excluding hydrogens is 158 g/mol. The molecule has 0 saturated carbocycles.